The summed E-state index contributed by atoms with van der Waals surface area (Å²) in [6.07, 6.45) is 0. The molecule has 1 heterocycles. The Morgan fingerprint density at radius 2 is 1.90 bits per heavy atom. The van der Waals surface area contributed by atoms with Gasteiger partial charge in [-0.1, -0.05) is 15.9 Å². The van der Waals surface area contributed by atoms with Crippen LogP contribution in [0.4, 0.5) is 5.69 Å². The van der Waals surface area contributed by atoms with Crippen LogP contribution in [0.5, 0.6) is 0 Å². The second kappa shape index (κ2) is 5.81. The molecule has 0 aliphatic rings. The van der Waals surface area contributed by atoms with E-state index in [9.17, 15) is 4.79 Å². The number of amides is 1. The summed E-state index contributed by atoms with van der Waals surface area (Å²) < 4.78 is 7.76. The number of halogens is 2. The molecule has 0 bridgehead atoms. The molecule has 2 aromatic carbocycles. The van der Waals surface area contributed by atoms with Gasteiger partial charge in [0.25, 0.3) is 5.91 Å². The number of furan rings is 1. The van der Waals surface area contributed by atoms with Crippen molar-refractivity contribution in [2.24, 2.45) is 0 Å². The molecular formula is C16H11BrINO2. The molecule has 0 atom stereocenters. The molecule has 3 rings (SSSR count). The Labute approximate surface area is 144 Å². The van der Waals surface area contributed by atoms with E-state index in [4.69, 9.17) is 4.42 Å². The summed E-state index contributed by atoms with van der Waals surface area (Å²) in [7, 11) is 0. The summed E-state index contributed by atoms with van der Waals surface area (Å²) in [6.45, 7) is 1.89. The van der Waals surface area contributed by atoms with Gasteiger partial charge >= 0.3 is 0 Å². The molecule has 0 aliphatic heterocycles. The van der Waals surface area contributed by atoms with Gasteiger partial charge in [-0.3, -0.25) is 4.79 Å². The highest BCUT2D eigenvalue weighted by molar-refractivity contribution is 14.1. The zero-order valence-corrected chi connectivity index (χ0v) is 14.9. The van der Waals surface area contributed by atoms with Crippen molar-refractivity contribution in [3.05, 3.63) is 61.8 Å². The Balaban J connectivity index is 1.94. The third-order valence-electron chi connectivity index (χ3n) is 3.21. The maximum atomic E-state index is 12.4. The standard InChI is InChI=1S/C16H11BrINO2/c1-9-13-8-10(17)2-7-14(13)21-15(9)16(20)19-12-5-3-11(18)4-6-12/h2-8H,1H3,(H,19,20). The normalized spacial score (nSPS) is 10.8. The van der Waals surface area contributed by atoms with Crippen LogP contribution in [0.25, 0.3) is 11.0 Å². The van der Waals surface area contributed by atoms with Crippen molar-refractivity contribution in [1.29, 1.82) is 0 Å². The van der Waals surface area contributed by atoms with E-state index in [1.54, 1.807) is 0 Å². The first kappa shape index (κ1) is 14.6. The lowest BCUT2D eigenvalue weighted by molar-refractivity contribution is 0.0998. The molecule has 0 saturated heterocycles. The average molecular weight is 456 g/mol. The maximum Gasteiger partial charge on any atom is 0.291 e. The van der Waals surface area contributed by atoms with Gasteiger partial charge in [0.15, 0.2) is 5.76 Å². The monoisotopic (exact) mass is 455 g/mol. The summed E-state index contributed by atoms with van der Waals surface area (Å²) in [5, 5.41) is 3.80. The summed E-state index contributed by atoms with van der Waals surface area (Å²) in [5.74, 6) is 0.114. The van der Waals surface area contributed by atoms with Crippen LogP contribution in [0, 0.1) is 10.5 Å². The maximum absolute atomic E-state index is 12.4. The Kier molecular flexibility index (Phi) is 4.03. The molecule has 0 aliphatic carbocycles. The quantitative estimate of drug-likeness (QED) is 0.528. The average Bonchev–Trinajstić information content (AvgIpc) is 2.79. The molecule has 0 fully saturated rings. The van der Waals surface area contributed by atoms with Crippen molar-refractivity contribution in [3.8, 4) is 0 Å². The highest BCUT2D eigenvalue weighted by Crippen LogP contribution is 2.28. The van der Waals surface area contributed by atoms with Gasteiger partial charge in [-0.05, 0) is 72.0 Å². The number of aryl methyl sites for hydroxylation is 1. The van der Waals surface area contributed by atoms with Crippen LogP contribution in [0.15, 0.2) is 51.4 Å². The van der Waals surface area contributed by atoms with E-state index < -0.39 is 0 Å². The molecule has 3 aromatic rings. The fourth-order valence-electron chi connectivity index (χ4n) is 2.13. The smallest absolute Gasteiger partial charge is 0.291 e. The third kappa shape index (κ3) is 2.98. The van der Waals surface area contributed by atoms with Gasteiger partial charge in [0.05, 0.1) is 0 Å². The van der Waals surface area contributed by atoms with E-state index in [1.165, 1.54) is 0 Å². The third-order valence-corrected chi connectivity index (χ3v) is 4.42. The number of benzene rings is 2. The number of nitrogens with one attached hydrogen (secondary N) is 1. The second-order valence-electron chi connectivity index (χ2n) is 4.66. The van der Waals surface area contributed by atoms with Gasteiger partial charge in [-0.15, -0.1) is 0 Å². The van der Waals surface area contributed by atoms with Crippen LogP contribution in [0.1, 0.15) is 16.1 Å². The first-order valence-electron chi connectivity index (χ1n) is 6.30. The van der Waals surface area contributed by atoms with Crippen molar-refractivity contribution in [2.45, 2.75) is 6.92 Å². The second-order valence-corrected chi connectivity index (χ2v) is 6.82. The van der Waals surface area contributed by atoms with E-state index >= 15 is 0 Å². The Bertz CT molecular complexity index is 824. The van der Waals surface area contributed by atoms with Crippen molar-refractivity contribution in [1.82, 2.24) is 0 Å². The Hall–Kier alpha value is -1.34. The van der Waals surface area contributed by atoms with Crippen LogP contribution >= 0.6 is 38.5 Å². The Morgan fingerprint density at radius 3 is 2.62 bits per heavy atom. The van der Waals surface area contributed by atoms with Gasteiger partial charge in [0, 0.05) is 24.7 Å². The molecule has 0 unspecified atom stereocenters. The van der Waals surface area contributed by atoms with E-state index in [2.05, 4.69) is 43.8 Å². The topological polar surface area (TPSA) is 42.2 Å². The zero-order chi connectivity index (χ0) is 15.0. The molecular weight excluding hydrogens is 445 g/mol. The summed E-state index contributed by atoms with van der Waals surface area (Å²) in [6, 6.07) is 13.3. The Morgan fingerprint density at radius 1 is 1.19 bits per heavy atom. The highest BCUT2D eigenvalue weighted by Gasteiger charge is 2.17. The van der Waals surface area contributed by atoms with Gasteiger partial charge in [-0.2, -0.15) is 0 Å². The van der Waals surface area contributed by atoms with Crippen LogP contribution in [-0.2, 0) is 0 Å². The molecule has 1 N–H and O–H groups in total. The first-order valence-corrected chi connectivity index (χ1v) is 8.17. The zero-order valence-electron chi connectivity index (χ0n) is 11.1. The number of hydrogen-bond donors (Lipinski definition) is 1. The number of carbonyl (C=O) groups excluding carboxylic acids is 1. The lowest BCUT2D eigenvalue weighted by Gasteiger charge is -2.03. The molecule has 0 saturated carbocycles. The van der Waals surface area contributed by atoms with Crippen molar-refractivity contribution >= 4 is 61.1 Å². The molecule has 1 amide bonds. The van der Waals surface area contributed by atoms with E-state index in [1.807, 2.05) is 49.4 Å². The summed E-state index contributed by atoms with van der Waals surface area (Å²) in [5.41, 5.74) is 2.30. The summed E-state index contributed by atoms with van der Waals surface area (Å²) in [4.78, 5) is 12.4. The largest absolute Gasteiger partial charge is 0.451 e. The molecule has 3 nitrogen and oxygen atoms in total. The molecule has 21 heavy (non-hydrogen) atoms. The van der Waals surface area contributed by atoms with Crippen molar-refractivity contribution in [3.63, 3.8) is 0 Å². The number of carbonyl (C=O) groups is 1. The fraction of sp³-hybridized carbons (Fsp3) is 0.0625. The molecule has 1 aromatic heterocycles. The van der Waals surface area contributed by atoms with Crippen LogP contribution < -0.4 is 5.32 Å². The van der Waals surface area contributed by atoms with Gasteiger partial charge < -0.3 is 9.73 Å². The van der Waals surface area contributed by atoms with Crippen molar-refractivity contribution in [2.75, 3.05) is 5.32 Å². The summed E-state index contributed by atoms with van der Waals surface area (Å²) >= 11 is 5.65. The lowest BCUT2D eigenvalue weighted by Crippen LogP contribution is -2.11. The number of hydrogen-bond acceptors (Lipinski definition) is 2. The predicted octanol–water partition coefficient (Wildman–Crippen LogP) is 5.36. The minimum Gasteiger partial charge on any atom is -0.451 e. The molecule has 106 valence electrons. The number of rotatable bonds is 2. The number of anilines is 1. The highest BCUT2D eigenvalue weighted by atomic mass is 127. The molecule has 5 heteroatoms. The lowest BCUT2D eigenvalue weighted by atomic mass is 10.1. The van der Waals surface area contributed by atoms with E-state index in [0.29, 0.717) is 11.3 Å². The van der Waals surface area contributed by atoms with Crippen LogP contribution in [0.2, 0.25) is 0 Å². The molecule has 0 spiro atoms. The molecule has 0 radical (unpaired) electrons. The van der Waals surface area contributed by atoms with Gasteiger partial charge in [0.2, 0.25) is 0 Å². The van der Waals surface area contributed by atoms with Gasteiger partial charge in [-0.25, -0.2) is 0 Å². The first-order chi connectivity index (χ1) is 10.0. The van der Waals surface area contributed by atoms with Crippen LogP contribution in [-0.4, -0.2) is 5.91 Å². The minimum absolute atomic E-state index is 0.235. The number of fused-ring (bicyclic) bond motifs is 1. The fourth-order valence-corrected chi connectivity index (χ4v) is 2.85. The van der Waals surface area contributed by atoms with Gasteiger partial charge in [0.1, 0.15) is 5.58 Å². The van der Waals surface area contributed by atoms with Crippen molar-refractivity contribution < 1.29 is 9.21 Å². The predicted molar refractivity (Wildman–Crippen MR) is 95.8 cm³/mol. The van der Waals surface area contributed by atoms with E-state index in [0.717, 1.165) is 24.7 Å². The minimum atomic E-state index is -0.235. The van der Waals surface area contributed by atoms with E-state index in [-0.39, 0.29) is 5.91 Å². The van der Waals surface area contributed by atoms with Crippen LogP contribution in [0.3, 0.4) is 0 Å². The SMILES string of the molecule is Cc1c(C(=O)Nc2ccc(I)cc2)oc2ccc(Br)cc12.